The fraction of sp³-hybridized carbons (Fsp3) is 0.500. The second kappa shape index (κ2) is 15.6. The van der Waals surface area contributed by atoms with E-state index in [0.717, 1.165) is 24.3 Å². The molecular formula is C36H52Cl2HfO2Si2. The van der Waals surface area contributed by atoms with E-state index in [1.54, 1.807) is 0 Å². The molecule has 0 aromatic heterocycles. The van der Waals surface area contributed by atoms with Gasteiger partial charge < -0.3 is 33.7 Å². The Hall–Kier alpha value is -0.856. The van der Waals surface area contributed by atoms with Gasteiger partial charge in [-0.1, -0.05) is 77.6 Å². The van der Waals surface area contributed by atoms with Crippen LogP contribution in [0.5, 0.6) is 11.5 Å². The van der Waals surface area contributed by atoms with Crippen LogP contribution in [-0.4, -0.2) is 16.6 Å². The molecule has 0 fully saturated rings. The fourth-order valence-electron chi connectivity index (χ4n) is 6.03. The van der Waals surface area contributed by atoms with E-state index in [0.29, 0.717) is 0 Å². The summed E-state index contributed by atoms with van der Waals surface area (Å²) in [5.74, 6) is 2.24. The molecule has 0 radical (unpaired) electrons. The molecule has 0 unspecified atom stereocenters. The first kappa shape index (κ1) is 40.2. The van der Waals surface area contributed by atoms with Gasteiger partial charge in [0, 0.05) is 0 Å². The number of rotatable bonds is 13. The molecule has 0 atom stereocenters. The first-order chi connectivity index (χ1) is 18.7. The molecule has 0 aliphatic heterocycles. The van der Waals surface area contributed by atoms with Gasteiger partial charge in [0.25, 0.3) is 0 Å². The van der Waals surface area contributed by atoms with Crippen LogP contribution in [-0.2, 0) is 38.7 Å². The summed E-state index contributed by atoms with van der Waals surface area (Å²) in [5.41, 5.74) is 2.65. The van der Waals surface area contributed by atoms with Crippen LogP contribution in [0.25, 0.3) is 21.5 Å². The van der Waals surface area contributed by atoms with E-state index < -0.39 is 16.6 Å². The van der Waals surface area contributed by atoms with E-state index in [1.807, 2.05) is 0 Å². The third-order valence-corrected chi connectivity index (χ3v) is 18.5. The van der Waals surface area contributed by atoms with Gasteiger partial charge >= 0.3 is 25.8 Å². The van der Waals surface area contributed by atoms with E-state index in [-0.39, 0.29) is 60.7 Å². The van der Waals surface area contributed by atoms with E-state index in [1.165, 1.54) is 58.4 Å². The predicted molar refractivity (Wildman–Crippen MR) is 181 cm³/mol. The normalized spacial score (nSPS) is 12.4. The van der Waals surface area contributed by atoms with Crippen molar-refractivity contribution in [2.45, 2.75) is 116 Å². The second-order valence-corrected chi connectivity index (χ2v) is 23.3. The molecule has 0 heterocycles. The molecule has 7 heteroatoms. The van der Waals surface area contributed by atoms with Crippen LogP contribution in [0.2, 0.25) is 36.3 Å². The zero-order valence-corrected chi connectivity index (χ0v) is 35.2. The van der Waals surface area contributed by atoms with Crippen molar-refractivity contribution in [3.63, 3.8) is 0 Å². The summed E-state index contributed by atoms with van der Waals surface area (Å²) in [4.78, 5) is 0. The van der Waals surface area contributed by atoms with Crippen molar-refractivity contribution in [2.24, 2.45) is 0 Å². The van der Waals surface area contributed by atoms with Crippen LogP contribution in [0.3, 0.4) is 0 Å². The summed E-state index contributed by atoms with van der Waals surface area (Å²) in [6, 6.07) is 22.2. The average molecular weight is 822 g/mol. The Morgan fingerprint density at radius 2 is 0.930 bits per heavy atom. The maximum Gasteiger partial charge on any atom is 4.00 e. The van der Waals surface area contributed by atoms with E-state index in [9.17, 15) is 0 Å². The molecule has 0 aliphatic rings. The van der Waals surface area contributed by atoms with Crippen LogP contribution >= 0.6 is 0 Å². The summed E-state index contributed by atoms with van der Waals surface area (Å²) >= 11 is 0. The molecule has 0 saturated carbocycles. The Bertz CT molecular complexity index is 1340. The van der Waals surface area contributed by atoms with Crippen LogP contribution in [0.4, 0.5) is 0 Å². The molecular weight excluding hydrogens is 770 g/mol. The van der Waals surface area contributed by atoms with Gasteiger partial charge in [0.2, 0.25) is 16.6 Å². The molecule has 234 valence electrons. The van der Waals surface area contributed by atoms with Crippen LogP contribution < -0.4 is 33.7 Å². The summed E-state index contributed by atoms with van der Waals surface area (Å²) in [7, 11) is -4.06. The van der Waals surface area contributed by atoms with E-state index in [4.69, 9.17) is 8.85 Å². The Morgan fingerprint density at radius 1 is 0.605 bits per heavy atom. The smallest absolute Gasteiger partial charge is 1.00 e. The fourth-order valence-corrected chi connectivity index (χ4v) is 9.79. The monoisotopic (exact) mass is 822 g/mol. The maximum atomic E-state index is 7.15. The summed E-state index contributed by atoms with van der Waals surface area (Å²) in [6.45, 7) is 23.8. The van der Waals surface area contributed by atoms with Crippen LogP contribution in [0.1, 0.15) is 78.4 Å². The third-order valence-electron chi connectivity index (χ3n) is 10.0. The minimum atomic E-state index is -2.03. The molecule has 4 rings (SSSR count). The molecule has 0 amide bonds. The average Bonchev–Trinajstić information content (AvgIpc) is 3.39. The van der Waals surface area contributed by atoms with Crippen LogP contribution in [0.15, 0.2) is 60.7 Å². The minimum Gasteiger partial charge on any atom is -1.00 e. The van der Waals surface area contributed by atoms with Crippen molar-refractivity contribution < 1.29 is 59.5 Å². The molecule has 0 aliphatic carbocycles. The molecule has 0 spiro atoms. The summed E-state index contributed by atoms with van der Waals surface area (Å²) in [5, 5.41) is 5.47. The largest absolute Gasteiger partial charge is 4.00 e. The Labute approximate surface area is 295 Å². The van der Waals surface area contributed by atoms with Gasteiger partial charge in [0.1, 0.15) is 0 Å². The quantitative estimate of drug-likeness (QED) is 0.130. The Balaban J connectivity index is 0.00000308. The molecule has 0 bridgehead atoms. The Morgan fingerprint density at radius 3 is 1.26 bits per heavy atom. The van der Waals surface area contributed by atoms with Gasteiger partial charge in [-0.05, 0) is 73.4 Å². The summed E-state index contributed by atoms with van der Waals surface area (Å²) in [6.07, 6.45) is 6.63. The molecule has 0 saturated heterocycles. The topological polar surface area (TPSA) is 18.5 Å². The molecule has 4 aromatic rings. The number of halogens is 2. The van der Waals surface area contributed by atoms with Gasteiger partial charge in [-0.25, -0.2) is 0 Å². The third kappa shape index (κ3) is 8.50. The molecule has 0 N–H and O–H groups in total. The molecule has 43 heavy (non-hydrogen) atoms. The van der Waals surface area contributed by atoms with Crippen molar-refractivity contribution in [3.05, 3.63) is 71.8 Å². The van der Waals surface area contributed by atoms with Crippen molar-refractivity contribution >= 4 is 38.2 Å². The van der Waals surface area contributed by atoms with Gasteiger partial charge in [-0.2, -0.15) is 0 Å². The molecule has 2 nitrogen and oxygen atoms in total. The SMILES string of the molecule is CCCC(C)(C)[Si](C)(C)Oc1c(CCc2[cH-]c3ccccc3c2O[Si](C)(C)C(C)(C)CCC)[cH-]c2ccccc12.[Cl-].[Cl-].[Hf+4]. The number of hydrogen-bond acceptors (Lipinski definition) is 2. The maximum absolute atomic E-state index is 7.15. The number of aryl methyl sites for hydroxylation is 2. The minimum absolute atomic E-state index is 0. The van der Waals surface area contributed by atoms with Gasteiger partial charge in [0.05, 0.1) is 0 Å². The Kier molecular flexibility index (Phi) is 14.6. The summed E-state index contributed by atoms with van der Waals surface area (Å²) < 4.78 is 14.3. The van der Waals surface area contributed by atoms with Gasteiger partial charge in [-0.3, -0.25) is 0 Å². The first-order valence-electron chi connectivity index (χ1n) is 15.5. The zero-order chi connectivity index (χ0) is 29.3. The number of benzene rings is 2. The van der Waals surface area contributed by atoms with Crippen molar-refractivity contribution in [3.8, 4) is 11.5 Å². The van der Waals surface area contributed by atoms with Crippen molar-refractivity contribution in [2.75, 3.05) is 0 Å². The van der Waals surface area contributed by atoms with E-state index >= 15 is 0 Å². The number of fused-ring (bicyclic) bond motifs is 2. The van der Waals surface area contributed by atoms with Gasteiger partial charge in [0.15, 0.2) is 0 Å². The first-order valence-corrected chi connectivity index (χ1v) is 21.3. The predicted octanol–water partition coefficient (Wildman–Crippen LogP) is 5.55. The van der Waals surface area contributed by atoms with Gasteiger partial charge in [-0.15, -0.1) is 70.1 Å². The number of hydrogen-bond donors (Lipinski definition) is 0. The van der Waals surface area contributed by atoms with E-state index in [2.05, 4.69) is 128 Å². The van der Waals surface area contributed by atoms with Crippen molar-refractivity contribution in [1.82, 2.24) is 0 Å². The zero-order valence-electron chi connectivity index (χ0n) is 28.1. The standard InChI is InChI=1S/C36H52O2Si2.2ClH.Hf/c1-11-23-35(3,4)39(7,8)37-33-29(25-27-17-13-15-19-31(27)33)21-22-30-26-28-18-14-16-20-32(28)34(30)38-40(9,10)36(5,6)24-12-2;;;/h13-20,25-26H,11-12,21-24H2,1-10H3;2*1H;/q-2;;;+4/p-2. The molecule has 4 aromatic carbocycles. The van der Waals surface area contributed by atoms with Crippen molar-refractivity contribution in [1.29, 1.82) is 0 Å². The van der Waals surface area contributed by atoms with Crippen LogP contribution in [0, 0.1) is 0 Å². The second-order valence-electron chi connectivity index (χ2n) is 14.2.